The van der Waals surface area contributed by atoms with Crippen molar-refractivity contribution < 1.29 is 12.8 Å². The summed E-state index contributed by atoms with van der Waals surface area (Å²) >= 11 is 0. The molecule has 1 aliphatic heterocycles. The zero-order valence-electron chi connectivity index (χ0n) is 16.9. The standard InChI is InChI=1S/C20H26FN5O3S/c1-30(28,29)25-10-6-15(14(21)12-25)23-19-22-11-13-4-5-17(27)26(18(13)24-19)16-3-2-7-20(16)8-9-20/h4-5,11,14-16H,2-3,6-10,12H2,1H3,(H,22,23,24). The van der Waals surface area contributed by atoms with Crippen molar-refractivity contribution in [3.63, 3.8) is 0 Å². The fourth-order valence-electron chi connectivity index (χ4n) is 5.18. The molecule has 0 radical (unpaired) electrons. The lowest BCUT2D eigenvalue weighted by Crippen LogP contribution is -2.49. The number of nitrogens with one attached hydrogen (secondary N) is 1. The van der Waals surface area contributed by atoms with Gasteiger partial charge < -0.3 is 5.32 Å². The Labute approximate surface area is 174 Å². The van der Waals surface area contributed by atoms with E-state index >= 15 is 0 Å². The Balaban J connectivity index is 1.44. The van der Waals surface area contributed by atoms with Crippen LogP contribution in [0.3, 0.4) is 0 Å². The first-order chi connectivity index (χ1) is 14.3. The molecule has 0 aromatic carbocycles. The summed E-state index contributed by atoms with van der Waals surface area (Å²) in [4.78, 5) is 21.7. The zero-order valence-corrected chi connectivity index (χ0v) is 17.7. The van der Waals surface area contributed by atoms with Crippen LogP contribution >= 0.6 is 0 Å². The van der Waals surface area contributed by atoms with Gasteiger partial charge in [0.15, 0.2) is 0 Å². The van der Waals surface area contributed by atoms with Crippen LogP contribution < -0.4 is 10.9 Å². The van der Waals surface area contributed by atoms with Crippen molar-refractivity contribution in [1.82, 2.24) is 18.8 Å². The van der Waals surface area contributed by atoms with Crippen LogP contribution in [0.1, 0.15) is 44.6 Å². The topological polar surface area (TPSA) is 97.2 Å². The second-order valence-electron chi connectivity index (χ2n) is 8.96. The molecule has 1 spiro atoms. The maximum absolute atomic E-state index is 14.6. The van der Waals surface area contributed by atoms with Crippen molar-refractivity contribution in [1.29, 1.82) is 0 Å². The number of rotatable bonds is 4. The van der Waals surface area contributed by atoms with E-state index in [0.29, 0.717) is 12.1 Å². The van der Waals surface area contributed by atoms with Crippen LogP contribution in [-0.2, 0) is 10.0 Å². The van der Waals surface area contributed by atoms with E-state index in [1.165, 1.54) is 0 Å². The molecule has 0 bridgehead atoms. The molecule has 3 aliphatic rings. The fourth-order valence-corrected chi connectivity index (χ4v) is 6.03. The van der Waals surface area contributed by atoms with E-state index < -0.39 is 22.2 Å². The molecule has 5 rings (SSSR count). The lowest BCUT2D eigenvalue weighted by Gasteiger charge is -2.33. The highest BCUT2D eigenvalue weighted by molar-refractivity contribution is 7.88. The highest BCUT2D eigenvalue weighted by atomic mass is 32.2. The Hall–Kier alpha value is -2.07. The molecule has 2 saturated carbocycles. The maximum Gasteiger partial charge on any atom is 0.252 e. The molecule has 3 heterocycles. The number of halogens is 1. The van der Waals surface area contributed by atoms with Crippen LogP contribution in [0.2, 0.25) is 0 Å². The first-order valence-corrected chi connectivity index (χ1v) is 12.4. The van der Waals surface area contributed by atoms with E-state index in [4.69, 9.17) is 0 Å². The van der Waals surface area contributed by atoms with Gasteiger partial charge in [0.2, 0.25) is 16.0 Å². The summed E-state index contributed by atoms with van der Waals surface area (Å²) in [5.74, 6) is 0.269. The molecule has 2 aliphatic carbocycles. The third kappa shape index (κ3) is 3.39. The minimum absolute atomic E-state index is 0.0600. The van der Waals surface area contributed by atoms with Crippen LogP contribution in [0, 0.1) is 5.41 Å². The maximum atomic E-state index is 14.6. The SMILES string of the molecule is CS(=O)(=O)N1CCC(Nc2ncc3ccc(=O)n(C4CCCC45CC5)c3n2)C(F)C1. The molecular formula is C20H26FN5O3S. The van der Waals surface area contributed by atoms with Gasteiger partial charge in [0.1, 0.15) is 11.8 Å². The quantitative estimate of drug-likeness (QED) is 0.790. The third-order valence-electron chi connectivity index (χ3n) is 7.02. The number of aromatic nitrogens is 3. The highest BCUT2D eigenvalue weighted by Crippen LogP contribution is 2.63. The highest BCUT2D eigenvalue weighted by Gasteiger charge is 2.53. The van der Waals surface area contributed by atoms with Crippen molar-refractivity contribution in [2.75, 3.05) is 24.7 Å². The molecule has 162 valence electrons. The molecule has 8 nitrogen and oxygen atoms in total. The van der Waals surface area contributed by atoms with Gasteiger partial charge in [-0.25, -0.2) is 17.8 Å². The molecule has 3 atom stereocenters. The summed E-state index contributed by atoms with van der Waals surface area (Å²) in [6.07, 6.45) is 7.26. The zero-order chi connectivity index (χ0) is 21.1. The van der Waals surface area contributed by atoms with Crippen molar-refractivity contribution in [2.45, 2.75) is 56.8 Å². The molecule has 30 heavy (non-hydrogen) atoms. The van der Waals surface area contributed by atoms with Gasteiger partial charge in [-0.3, -0.25) is 9.36 Å². The molecule has 1 N–H and O–H groups in total. The van der Waals surface area contributed by atoms with Crippen LogP contribution in [0.5, 0.6) is 0 Å². The van der Waals surface area contributed by atoms with Crippen LogP contribution in [0.25, 0.3) is 11.0 Å². The Morgan fingerprint density at radius 2 is 2.03 bits per heavy atom. The number of piperidine rings is 1. The van der Waals surface area contributed by atoms with E-state index in [-0.39, 0.29) is 36.1 Å². The minimum atomic E-state index is -3.41. The number of pyridine rings is 1. The Morgan fingerprint density at radius 3 is 2.73 bits per heavy atom. The molecule has 2 aromatic rings. The number of sulfonamides is 1. The number of alkyl halides is 1. The summed E-state index contributed by atoms with van der Waals surface area (Å²) in [6, 6.07) is 2.88. The summed E-state index contributed by atoms with van der Waals surface area (Å²) in [7, 11) is -3.41. The third-order valence-corrected chi connectivity index (χ3v) is 8.29. The van der Waals surface area contributed by atoms with Gasteiger partial charge in [-0.2, -0.15) is 9.29 Å². The summed E-state index contributed by atoms with van der Waals surface area (Å²) in [5.41, 5.74) is 0.761. The van der Waals surface area contributed by atoms with E-state index in [2.05, 4.69) is 15.3 Å². The van der Waals surface area contributed by atoms with Gasteiger partial charge in [0.25, 0.3) is 5.56 Å². The van der Waals surface area contributed by atoms with Crippen molar-refractivity contribution in [3.05, 3.63) is 28.7 Å². The summed E-state index contributed by atoms with van der Waals surface area (Å²) < 4.78 is 41.0. The molecule has 0 amide bonds. The number of nitrogens with zero attached hydrogens (tertiary/aromatic N) is 4. The number of fused-ring (bicyclic) bond motifs is 1. The first-order valence-electron chi connectivity index (χ1n) is 10.5. The predicted octanol–water partition coefficient (Wildman–Crippen LogP) is 2.08. The van der Waals surface area contributed by atoms with Gasteiger partial charge in [0, 0.05) is 36.8 Å². The van der Waals surface area contributed by atoms with E-state index in [1.807, 2.05) is 4.57 Å². The molecule has 1 saturated heterocycles. The van der Waals surface area contributed by atoms with Gasteiger partial charge in [-0.15, -0.1) is 0 Å². The largest absolute Gasteiger partial charge is 0.348 e. The molecular weight excluding hydrogens is 409 g/mol. The Morgan fingerprint density at radius 1 is 1.23 bits per heavy atom. The van der Waals surface area contributed by atoms with Crippen molar-refractivity contribution >= 4 is 27.0 Å². The van der Waals surface area contributed by atoms with Crippen molar-refractivity contribution in [2.24, 2.45) is 5.41 Å². The van der Waals surface area contributed by atoms with Gasteiger partial charge in [-0.1, -0.05) is 6.42 Å². The number of hydrogen-bond donors (Lipinski definition) is 1. The lowest BCUT2D eigenvalue weighted by molar-refractivity contribution is 0.186. The molecule has 2 aromatic heterocycles. The number of hydrogen-bond acceptors (Lipinski definition) is 6. The van der Waals surface area contributed by atoms with E-state index in [9.17, 15) is 17.6 Å². The van der Waals surface area contributed by atoms with Crippen molar-refractivity contribution in [3.8, 4) is 0 Å². The summed E-state index contributed by atoms with van der Waals surface area (Å²) in [6.45, 7) is 0.0686. The molecule has 3 unspecified atom stereocenters. The number of anilines is 1. The smallest absolute Gasteiger partial charge is 0.252 e. The normalized spacial score (nSPS) is 28.8. The second kappa shape index (κ2) is 6.98. The average molecular weight is 436 g/mol. The minimum Gasteiger partial charge on any atom is -0.348 e. The van der Waals surface area contributed by atoms with Crippen LogP contribution in [-0.4, -0.2) is 58.8 Å². The second-order valence-corrected chi connectivity index (χ2v) is 10.9. The fraction of sp³-hybridized carbons (Fsp3) is 0.650. The first kappa shape index (κ1) is 19.9. The molecule has 3 fully saturated rings. The van der Waals surface area contributed by atoms with Crippen LogP contribution in [0.15, 0.2) is 23.1 Å². The molecule has 10 heteroatoms. The predicted molar refractivity (Wildman–Crippen MR) is 112 cm³/mol. The monoisotopic (exact) mass is 435 g/mol. The van der Waals surface area contributed by atoms with E-state index in [1.54, 1.807) is 18.3 Å². The van der Waals surface area contributed by atoms with Gasteiger partial charge in [-0.05, 0) is 43.6 Å². The average Bonchev–Trinajstić information content (AvgIpc) is 3.35. The Kier molecular flexibility index (Phi) is 4.62. The Bertz CT molecular complexity index is 1150. The summed E-state index contributed by atoms with van der Waals surface area (Å²) in [5, 5.41) is 3.82. The van der Waals surface area contributed by atoms with E-state index in [0.717, 1.165) is 48.1 Å². The lowest BCUT2D eigenvalue weighted by atomic mass is 10.00. The van der Waals surface area contributed by atoms with Gasteiger partial charge in [0.05, 0.1) is 12.3 Å². The van der Waals surface area contributed by atoms with Crippen LogP contribution in [0.4, 0.5) is 10.3 Å². The van der Waals surface area contributed by atoms with Gasteiger partial charge >= 0.3 is 0 Å².